The van der Waals surface area contributed by atoms with Gasteiger partial charge >= 0.3 is 0 Å². The number of hydrogen-bond donors (Lipinski definition) is 2. The van der Waals surface area contributed by atoms with E-state index < -0.39 is 0 Å². The van der Waals surface area contributed by atoms with E-state index in [1.165, 1.54) is 0 Å². The van der Waals surface area contributed by atoms with Crippen LogP contribution in [0, 0.1) is 0 Å². The van der Waals surface area contributed by atoms with Crippen molar-refractivity contribution in [3.05, 3.63) is 77.2 Å². The van der Waals surface area contributed by atoms with Crippen molar-refractivity contribution >= 4 is 5.84 Å². The number of aliphatic hydroxyl groups excluding tert-OH is 1. The normalized spacial score (nSPS) is 19.8. The lowest BCUT2D eigenvalue weighted by atomic mass is 9.99. The third-order valence-corrected chi connectivity index (χ3v) is 3.73. The highest BCUT2D eigenvalue weighted by molar-refractivity contribution is 6.00. The molecule has 2 aliphatic heterocycles. The summed E-state index contributed by atoms with van der Waals surface area (Å²) in [5, 5.41) is 13.5. The summed E-state index contributed by atoms with van der Waals surface area (Å²) < 4.78 is 5.95. The summed E-state index contributed by atoms with van der Waals surface area (Å²) in [6.45, 7) is 0. The van der Waals surface area contributed by atoms with Crippen molar-refractivity contribution in [2.24, 2.45) is 4.99 Å². The second kappa shape index (κ2) is 4.66. The van der Waals surface area contributed by atoms with Crippen LogP contribution in [0.1, 0.15) is 11.1 Å². The van der Waals surface area contributed by atoms with Gasteiger partial charge in [-0.15, -0.1) is 0 Å². The van der Waals surface area contributed by atoms with E-state index in [-0.39, 0.29) is 12.1 Å². The molecule has 0 aromatic heterocycles. The number of rotatable bonds is 1. The van der Waals surface area contributed by atoms with Crippen molar-refractivity contribution in [3.8, 4) is 5.75 Å². The van der Waals surface area contributed by atoms with Gasteiger partial charge in [0.05, 0.1) is 5.57 Å². The maximum absolute atomic E-state index is 10.2. The van der Waals surface area contributed by atoms with Crippen LogP contribution in [0.15, 0.2) is 71.0 Å². The number of para-hydroxylation sites is 1. The van der Waals surface area contributed by atoms with Crippen molar-refractivity contribution in [3.63, 3.8) is 0 Å². The quantitative estimate of drug-likeness (QED) is 0.843. The SMILES string of the molecule is OC1=C2Cc3ccccc3OC2NC(c2ccccc2)=N1. The average molecular weight is 278 g/mol. The van der Waals surface area contributed by atoms with Gasteiger partial charge in [-0.25, -0.2) is 0 Å². The van der Waals surface area contributed by atoms with E-state index in [4.69, 9.17) is 4.74 Å². The molecule has 2 aliphatic rings. The molecule has 0 fully saturated rings. The van der Waals surface area contributed by atoms with Crippen LogP contribution in [0.5, 0.6) is 5.75 Å². The van der Waals surface area contributed by atoms with Gasteiger partial charge in [0.25, 0.3) is 0 Å². The molecule has 104 valence electrons. The van der Waals surface area contributed by atoms with Crippen molar-refractivity contribution in [1.29, 1.82) is 0 Å². The van der Waals surface area contributed by atoms with E-state index in [0.717, 1.165) is 22.4 Å². The second-order valence-corrected chi connectivity index (χ2v) is 5.10. The van der Waals surface area contributed by atoms with Gasteiger partial charge in [0.15, 0.2) is 6.23 Å². The molecule has 1 unspecified atom stereocenters. The number of amidine groups is 1. The fourth-order valence-corrected chi connectivity index (χ4v) is 2.65. The molecular formula is C17H14N2O2. The number of aliphatic imine (C=N–C) groups is 1. The number of hydrogen-bond acceptors (Lipinski definition) is 4. The summed E-state index contributed by atoms with van der Waals surface area (Å²) in [6, 6.07) is 17.6. The molecule has 0 amide bonds. The average Bonchev–Trinajstić information content (AvgIpc) is 2.54. The van der Waals surface area contributed by atoms with E-state index in [1.807, 2.05) is 54.6 Å². The Morgan fingerprint density at radius 3 is 2.67 bits per heavy atom. The number of nitrogens with zero attached hydrogens (tertiary/aromatic N) is 1. The molecule has 2 heterocycles. The minimum absolute atomic E-state index is 0.0482. The Morgan fingerprint density at radius 2 is 1.81 bits per heavy atom. The summed E-state index contributed by atoms with van der Waals surface area (Å²) in [7, 11) is 0. The summed E-state index contributed by atoms with van der Waals surface area (Å²) in [5.41, 5.74) is 2.76. The van der Waals surface area contributed by atoms with Crippen molar-refractivity contribution in [2.45, 2.75) is 12.6 Å². The van der Waals surface area contributed by atoms with E-state index in [9.17, 15) is 5.11 Å². The summed E-state index contributed by atoms with van der Waals surface area (Å²) >= 11 is 0. The van der Waals surface area contributed by atoms with Gasteiger partial charge in [-0.2, -0.15) is 4.99 Å². The maximum atomic E-state index is 10.2. The van der Waals surface area contributed by atoms with Crippen LogP contribution in [0.4, 0.5) is 0 Å². The lowest BCUT2D eigenvalue weighted by Gasteiger charge is -2.32. The molecule has 0 spiro atoms. The highest BCUT2D eigenvalue weighted by atomic mass is 16.5. The molecule has 4 nitrogen and oxygen atoms in total. The van der Waals surface area contributed by atoms with Crippen molar-refractivity contribution in [2.75, 3.05) is 0 Å². The summed E-state index contributed by atoms with van der Waals surface area (Å²) in [5.74, 6) is 1.52. The Balaban J connectivity index is 1.73. The highest BCUT2D eigenvalue weighted by Crippen LogP contribution is 2.32. The predicted molar refractivity (Wildman–Crippen MR) is 80.3 cm³/mol. The zero-order valence-electron chi connectivity index (χ0n) is 11.3. The predicted octanol–water partition coefficient (Wildman–Crippen LogP) is 2.77. The van der Waals surface area contributed by atoms with Crippen LogP contribution in [0.2, 0.25) is 0 Å². The van der Waals surface area contributed by atoms with Gasteiger partial charge < -0.3 is 15.2 Å². The van der Waals surface area contributed by atoms with Gasteiger partial charge in [-0.1, -0.05) is 48.5 Å². The van der Waals surface area contributed by atoms with Gasteiger partial charge in [0, 0.05) is 12.0 Å². The Bertz CT molecular complexity index is 750. The number of fused-ring (bicyclic) bond motifs is 2. The molecular weight excluding hydrogens is 264 g/mol. The minimum atomic E-state index is -0.368. The largest absolute Gasteiger partial charge is 0.493 e. The number of aliphatic hydroxyl groups is 1. The van der Waals surface area contributed by atoms with Crippen LogP contribution in [0.25, 0.3) is 0 Å². The third kappa shape index (κ3) is 2.05. The van der Waals surface area contributed by atoms with Crippen LogP contribution >= 0.6 is 0 Å². The Kier molecular flexibility index (Phi) is 2.67. The number of benzene rings is 2. The molecule has 2 aromatic carbocycles. The van der Waals surface area contributed by atoms with Gasteiger partial charge in [-0.3, -0.25) is 0 Å². The van der Waals surface area contributed by atoms with Crippen molar-refractivity contribution < 1.29 is 9.84 Å². The van der Waals surface area contributed by atoms with Crippen LogP contribution in [0.3, 0.4) is 0 Å². The number of nitrogens with one attached hydrogen (secondary N) is 1. The molecule has 2 aromatic rings. The molecule has 4 heteroatoms. The van der Waals surface area contributed by atoms with Gasteiger partial charge in [-0.05, 0) is 11.6 Å². The fraction of sp³-hybridized carbons (Fsp3) is 0.118. The van der Waals surface area contributed by atoms with Crippen LogP contribution < -0.4 is 10.1 Å². The molecule has 0 aliphatic carbocycles. The van der Waals surface area contributed by atoms with E-state index in [1.54, 1.807) is 0 Å². The highest BCUT2D eigenvalue weighted by Gasteiger charge is 2.31. The first-order valence-corrected chi connectivity index (χ1v) is 6.88. The molecule has 0 bridgehead atoms. The smallest absolute Gasteiger partial charge is 0.217 e. The first kappa shape index (κ1) is 12.0. The van der Waals surface area contributed by atoms with Crippen LogP contribution in [-0.2, 0) is 6.42 Å². The third-order valence-electron chi connectivity index (χ3n) is 3.73. The monoisotopic (exact) mass is 278 g/mol. The maximum Gasteiger partial charge on any atom is 0.217 e. The second-order valence-electron chi connectivity index (χ2n) is 5.10. The summed E-state index contributed by atoms with van der Waals surface area (Å²) in [4.78, 5) is 4.27. The molecule has 0 saturated carbocycles. The van der Waals surface area contributed by atoms with Crippen LogP contribution in [-0.4, -0.2) is 17.2 Å². The van der Waals surface area contributed by atoms with Crippen molar-refractivity contribution in [1.82, 2.24) is 5.32 Å². The van der Waals surface area contributed by atoms with Gasteiger partial charge in [0.2, 0.25) is 5.88 Å². The van der Waals surface area contributed by atoms with E-state index in [2.05, 4.69) is 10.3 Å². The molecule has 21 heavy (non-hydrogen) atoms. The number of ether oxygens (including phenoxy) is 1. The van der Waals surface area contributed by atoms with Gasteiger partial charge in [0.1, 0.15) is 11.6 Å². The molecule has 0 radical (unpaired) electrons. The molecule has 1 atom stereocenters. The summed E-state index contributed by atoms with van der Waals surface area (Å²) in [6.07, 6.45) is 0.276. The first-order valence-electron chi connectivity index (χ1n) is 6.88. The van der Waals surface area contributed by atoms with E-state index in [0.29, 0.717) is 12.3 Å². The Morgan fingerprint density at radius 1 is 1.05 bits per heavy atom. The first-order chi connectivity index (χ1) is 10.3. The minimum Gasteiger partial charge on any atom is -0.493 e. The lowest BCUT2D eigenvalue weighted by molar-refractivity contribution is 0.192. The standard InChI is InChI=1S/C17H14N2O2/c20-16-13-10-12-8-4-5-9-14(12)21-17(13)19-15(18-16)11-6-2-1-3-7-11/h1-9,17,20H,10H2,(H,18,19). The topological polar surface area (TPSA) is 53.9 Å². The fourth-order valence-electron chi connectivity index (χ4n) is 2.65. The zero-order chi connectivity index (χ0) is 14.2. The molecule has 0 saturated heterocycles. The lowest BCUT2D eigenvalue weighted by Crippen LogP contribution is -2.46. The van der Waals surface area contributed by atoms with E-state index >= 15 is 0 Å². The zero-order valence-corrected chi connectivity index (χ0v) is 11.3. The molecule has 2 N–H and O–H groups in total. The Hall–Kier alpha value is -2.75. The molecule has 4 rings (SSSR count). The Labute approximate surface area is 122 Å².